The van der Waals surface area contributed by atoms with E-state index in [0.29, 0.717) is 24.5 Å². The first-order chi connectivity index (χ1) is 12.6. The maximum atomic E-state index is 12.6. The number of amides is 2. The lowest BCUT2D eigenvalue weighted by Crippen LogP contribution is -2.18. The third-order valence-corrected chi connectivity index (χ3v) is 3.78. The highest BCUT2D eigenvalue weighted by molar-refractivity contribution is 6.10. The molecule has 0 aliphatic carbocycles. The molecule has 0 atom stereocenters. The number of aromatic nitrogens is 4. The van der Waals surface area contributed by atoms with Crippen molar-refractivity contribution in [2.24, 2.45) is 0 Å². The van der Waals surface area contributed by atoms with Crippen molar-refractivity contribution >= 4 is 23.2 Å². The summed E-state index contributed by atoms with van der Waals surface area (Å²) in [4.78, 5) is 25.0. The lowest BCUT2D eigenvalue weighted by atomic mass is 10.3. The number of hydrogen-bond donors (Lipinski definition) is 2. The number of nitrogens with zero attached hydrogens (tertiary/aromatic N) is 4. The van der Waals surface area contributed by atoms with Gasteiger partial charge in [-0.15, -0.1) is 0 Å². The van der Waals surface area contributed by atoms with Gasteiger partial charge >= 0.3 is 0 Å². The maximum Gasteiger partial charge on any atom is 0.278 e. The van der Waals surface area contributed by atoms with Crippen molar-refractivity contribution < 1.29 is 9.59 Å². The predicted molar refractivity (Wildman–Crippen MR) is 98.2 cm³/mol. The van der Waals surface area contributed by atoms with E-state index in [1.54, 1.807) is 40.0 Å². The molecular formula is C18H20N6O2. The molecule has 3 rings (SSSR count). The van der Waals surface area contributed by atoms with Gasteiger partial charge < -0.3 is 10.6 Å². The van der Waals surface area contributed by atoms with Crippen molar-refractivity contribution in [2.75, 3.05) is 10.6 Å². The van der Waals surface area contributed by atoms with E-state index in [4.69, 9.17) is 0 Å². The molecule has 0 unspecified atom stereocenters. The van der Waals surface area contributed by atoms with Crippen LogP contribution in [-0.4, -0.2) is 31.4 Å². The fourth-order valence-electron chi connectivity index (χ4n) is 2.40. The molecule has 2 amide bonds. The number of benzene rings is 1. The summed E-state index contributed by atoms with van der Waals surface area (Å²) in [5.41, 5.74) is 1.43. The third-order valence-electron chi connectivity index (χ3n) is 3.78. The zero-order valence-electron chi connectivity index (χ0n) is 14.6. The summed E-state index contributed by atoms with van der Waals surface area (Å²) in [5.74, 6) is -0.778. The number of anilines is 2. The molecular weight excluding hydrogens is 332 g/mol. The molecule has 0 radical (unpaired) electrons. The van der Waals surface area contributed by atoms with Gasteiger partial charge in [-0.3, -0.25) is 19.0 Å². The van der Waals surface area contributed by atoms with Crippen LogP contribution in [0.25, 0.3) is 0 Å². The molecule has 2 aromatic heterocycles. The highest BCUT2D eigenvalue weighted by Gasteiger charge is 2.20. The number of nitrogens with one attached hydrogen (secondary N) is 2. The van der Waals surface area contributed by atoms with E-state index < -0.39 is 5.91 Å². The highest BCUT2D eigenvalue weighted by atomic mass is 16.2. The largest absolute Gasteiger partial charge is 0.321 e. The highest BCUT2D eigenvalue weighted by Crippen LogP contribution is 2.17. The van der Waals surface area contributed by atoms with E-state index in [9.17, 15) is 9.59 Å². The van der Waals surface area contributed by atoms with Crippen LogP contribution in [0.4, 0.5) is 11.4 Å². The van der Waals surface area contributed by atoms with Gasteiger partial charge in [0.2, 0.25) is 0 Å². The molecule has 0 bridgehead atoms. The summed E-state index contributed by atoms with van der Waals surface area (Å²) in [6.07, 6.45) is 3.36. The van der Waals surface area contributed by atoms with Crippen LogP contribution in [0.1, 0.15) is 34.8 Å². The van der Waals surface area contributed by atoms with Crippen molar-refractivity contribution in [2.45, 2.75) is 26.9 Å². The third kappa shape index (κ3) is 3.80. The summed E-state index contributed by atoms with van der Waals surface area (Å²) < 4.78 is 3.26. The first kappa shape index (κ1) is 17.4. The summed E-state index contributed by atoms with van der Waals surface area (Å²) in [7, 11) is 0. The number of rotatable bonds is 6. The van der Waals surface area contributed by atoms with Crippen molar-refractivity contribution in [3.05, 3.63) is 60.2 Å². The molecule has 8 heteroatoms. The van der Waals surface area contributed by atoms with Gasteiger partial charge in [-0.05, 0) is 32.0 Å². The van der Waals surface area contributed by atoms with Crippen molar-refractivity contribution in [1.29, 1.82) is 0 Å². The molecule has 0 spiro atoms. The second-order valence-electron chi connectivity index (χ2n) is 5.58. The lowest BCUT2D eigenvalue weighted by Gasteiger charge is -2.05. The molecule has 0 saturated carbocycles. The van der Waals surface area contributed by atoms with Gasteiger partial charge in [-0.2, -0.15) is 10.2 Å². The van der Waals surface area contributed by atoms with Gasteiger partial charge in [0.15, 0.2) is 11.4 Å². The minimum absolute atomic E-state index is 0.152. The molecule has 8 nitrogen and oxygen atoms in total. The van der Waals surface area contributed by atoms with Crippen molar-refractivity contribution in [3.8, 4) is 0 Å². The van der Waals surface area contributed by atoms with Crippen LogP contribution >= 0.6 is 0 Å². The van der Waals surface area contributed by atoms with Crippen LogP contribution < -0.4 is 10.6 Å². The summed E-state index contributed by atoms with van der Waals surface area (Å²) in [5, 5.41) is 13.9. The van der Waals surface area contributed by atoms with E-state index in [0.717, 1.165) is 0 Å². The van der Waals surface area contributed by atoms with Crippen LogP contribution in [0.15, 0.2) is 48.8 Å². The molecule has 0 saturated heterocycles. The quantitative estimate of drug-likeness (QED) is 0.713. The second kappa shape index (κ2) is 7.64. The van der Waals surface area contributed by atoms with Gasteiger partial charge in [0.1, 0.15) is 0 Å². The molecule has 0 aliphatic heterocycles. The molecule has 1 aromatic carbocycles. The van der Waals surface area contributed by atoms with Crippen molar-refractivity contribution in [3.63, 3.8) is 0 Å². The normalized spacial score (nSPS) is 10.5. The Bertz CT molecular complexity index is 913. The van der Waals surface area contributed by atoms with E-state index in [2.05, 4.69) is 20.8 Å². The minimum Gasteiger partial charge on any atom is -0.321 e. The molecule has 3 aromatic rings. The SMILES string of the molecule is CCn1ccc(C(=O)Nc2cn(CC)nc2C(=O)Nc2ccccc2)n1. The van der Waals surface area contributed by atoms with Crippen LogP contribution in [0, 0.1) is 0 Å². The summed E-state index contributed by atoms with van der Waals surface area (Å²) in [6.45, 7) is 5.09. The zero-order valence-corrected chi connectivity index (χ0v) is 14.6. The van der Waals surface area contributed by atoms with E-state index in [-0.39, 0.29) is 17.3 Å². The maximum absolute atomic E-state index is 12.6. The Morgan fingerprint density at radius 3 is 2.31 bits per heavy atom. The number of carbonyl (C=O) groups excluding carboxylic acids is 2. The molecule has 0 fully saturated rings. The van der Waals surface area contributed by atoms with E-state index >= 15 is 0 Å². The average molecular weight is 352 g/mol. The molecule has 26 heavy (non-hydrogen) atoms. The Morgan fingerprint density at radius 2 is 1.65 bits per heavy atom. The average Bonchev–Trinajstić information content (AvgIpc) is 3.29. The number of aryl methyl sites for hydroxylation is 2. The van der Waals surface area contributed by atoms with Gasteiger partial charge in [0.05, 0.1) is 5.69 Å². The smallest absolute Gasteiger partial charge is 0.278 e. The number of carbonyl (C=O) groups is 2. The second-order valence-corrected chi connectivity index (χ2v) is 5.58. The predicted octanol–water partition coefficient (Wildman–Crippen LogP) is 2.62. The fourth-order valence-corrected chi connectivity index (χ4v) is 2.40. The fraction of sp³-hybridized carbons (Fsp3) is 0.222. The number of para-hydroxylation sites is 1. The first-order valence-corrected chi connectivity index (χ1v) is 8.39. The van der Waals surface area contributed by atoms with Crippen LogP contribution in [0.5, 0.6) is 0 Å². The molecule has 134 valence electrons. The Labute approximate surface area is 150 Å². The van der Waals surface area contributed by atoms with E-state index in [1.165, 1.54) is 0 Å². The standard InChI is InChI=1S/C18H20N6O2/c1-3-23-11-10-14(21-23)17(25)20-15-12-24(4-2)22-16(15)18(26)19-13-8-6-5-7-9-13/h5-12H,3-4H2,1-2H3,(H,19,26)(H,20,25). The molecule has 2 N–H and O–H groups in total. The van der Waals surface area contributed by atoms with E-state index in [1.807, 2.05) is 32.0 Å². The summed E-state index contributed by atoms with van der Waals surface area (Å²) >= 11 is 0. The Morgan fingerprint density at radius 1 is 0.923 bits per heavy atom. The zero-order chi connectivity index (χ0) is 18.5. The first-order valence-electron chi connectivity index (χ1n) is 8.39. The molecule has 2 heterocycles. The molecule has 0 aliphatic rings. The van der Waals surface area contributed by atoms with Gasteiger partial charge in [-0.1, -0.05) is 18.2 Å². The van der Waals surface area contributed by atoms with Gasteiger partial charge in [0.25, 0.3) is 11.8 Å². The summed E-state index contributed by atoms with van der Waals surface area (Å²) in [6, 6.07) is 10.7. The van der Waals surface area contributed by atoms with Crippen LogP contribution in [0.2, 0.25) is 0 Å². The van der Waals surface area contributed by atoms with Gasteiger partial charge in [0, 0.05) is 31.2 Å². The Balaban J connectivity index is 1.81. The van der Waals surface area contributed by atoms with Crippen LogP contribution in [0.3, 0.4) is 0 Å². The van der Waals surface area contributed by atoms with Gasteiger partial charge in [-0.25, -0.2) is 0 Å². The number of hydrogen-bond acceptors (Lipinski definition) is 4. The lowest BCUT2D eigenvalue weighted by molar-refractivity contribution is 0.102. The Hall–Kier alpha value is -3.42. The van der Waals surface area contributed by atoms with Crippen LogP contribution in [-0.2, 0) is 13.1 Å². The topological polar surface area (TPSA) is 93.8 Å². The monoisotopic (exact) mass is 352 g/mol. The minimum atomic E-state index is -0.391. The van der Waals surface area contributed by atoms with Crippen molar-refractivity contribution in [1.82, 2.24) is 19.6 Å². The Kier molecular flexibility index (Phi) is 5.12.